The predicted octanol–water partition coefficient (Wildman–Crippen LogP) is 1.42. The van der Waals surface area contributed by atoms with E-state index in [2.05, 4.69) is 5.43 Å². The van der Waals surface area contributed by atoms with Gasteiger partial charge in [-0.15, -0.1) is 0 Å². The van der Waals surface area contributed by atoms with Gasteiger partial charge in [0.1, 0.15) is 5.82 Å². The van der Waals surface area contributed by atoms with Crippen LogP contribution in [-0.4, -0.2) is 23.8 Å². The van der Waals surface area contributed by atoms with Gasteiger partial charge in [-0.3, -0.25) is 10.7 Å². The molecule has 0 amide bonds. The number of likely N-dealkylation sites (N-methyl/N-ethyl adjacent to an activating group) is 1. The van der Waals surface area contributed by atoms with Crippen molar-refractivity contribution in [2.75, 3.05) is 19.1 Å². The van der Waals surface area contributed by atoms with Gasteiger partial charge in [0.25, 0.3) is 0 Å². The zero-order valence-corrected chi connectivity index (χ0v) is 8.29. The van der Waals surface area contributed by atoms with Crippen LogP contribution >= 0.6 is 0 Å². The molecule has 1 aromatic carbocycles. The molecular weight excluding hydrogens is 197 g/mol. The summed E-state index contributed by atoms with van der Waals surface area (Å²) in [5, 5.41) is 10.5. The van der Waals surface area contributed by atoms with Crippen molar-refractivity contribution in [1.29, 1.82) is 0 Å². The van der Waals surface area contributed by atoms with Crippen molar-refractivity contribution >= 4 is 11.3 Å². The van der Waals surface area contributed by atoms with E-state index in [0.717, 1.165) is 5.57 Å². The van der Waals surface area contributed by atoms with Crippen LogP contribution in [0, 0.1) is 5.82 Å². The molecule has 0 atom stereocenters. The minimum Gasteiger partial charge on any atom is -0.326 e. The van der Waals surface area contributed by atoms with Gasteiger partial charge in [-0.2, -0.15) is 0 Å². The molecule has 0 unspecified atom stereocenters. The predicted molar refractivity (Wildman–Crippen MR) is 55.6 cm³/mol. The molecular formula is C10H12FN3O. The van der Waals surface area contributed by atoms with E-state index < -0.39 is 0 Å². The van der Waals surface area contributed by atoms with Crippen LogP contribution in [0.4, 0.5) is 10.1 Å². The molecule has 0 saturated heterocycles. The number of halogens is 1. The third-order valence-electron chi connectivity index (χ3n) is 2.31. The summed E-state index contributed by atoms with van der Waals surface area (Å²) in [6.45, 7) is 0.656. The van der Waals surface area contributed by atoms with Gasteiger partial charge in [0.15, 0.2) is 0 Å². The van der Waals surface area contributed by atoms with Crippen LogP contribution in [0.25, 0.3) is 5.57 Å². The van der Waals surface area contributed by atoms with E-state index in [-0.39, 0.29) is 5.82 Å². The second-order valence-electron chi connectivity index (χ2n) is 3.46. The molecule has 3 N–H and O–H groups in total. The highest BCUT2D eigenvalue weighted by molar-refractivity contribution is 5.69. The van der Waals surface area contributed by atoms with Crippen LogP contribution in [0.3, 0.4) is 0 Å². The quantitative estimate of drug-likeness (QED) is 0.645. The fourth-order valence-electron chi connectivity index (χ4n) is 1.54. The number of nitrogens with zero attached hydrogens (tertiary/aromatic N) is 1. The van der Waals surface area contributed by atoms with Crippen molar-refractivity contribution < 1.29 is 9.60 Å². The second-order valence-corrected chi connectivity index (χ2v) is 3.46. The third-order valence-corrected chi connectivity index (χ3v) is 2.31. The average molecular weight is 209 g/mol. The van der Waals surface area contributed by atoms with Gasteiger partial charge >= 0.3 is 0 Å². The summed E-state index contributed by atoms with van der Waals surface area (Å²) in [5.74, 6) is -0.350. The van der Waals surface area contributed by atoms with Crippen molar-refractivity contribution in [3.8, 4) is 0 Å². The van der Waals surface area contributed by atoms with Crippen LogP contribution < -0.4 is 10.9 Å². The molecule has 1 heterocycles. The normalized spacial score (nSPS) is 16.1. The number of hydrogen-bond acceptors (Lipinski definition) is 4. The standard InChI is InChI=1S/C10H12FN3O/c1-14-6-7(5-12-14)9-3-2-8(13-15)4-10(9)11/h2-5,12-13,15H,6H2,1H3. The SMILES string of the molecule is CN1CC(c2ccc(NO)cc2F)=CN1. The van der Waals surface area contributed by atoms with E-state index in [4.69, 9.17) is 5.21 Å². The summed E-state index contributed by atoms with van der Waals surface area (Å²) >= 11 is 0. The highest BCUT2D eigenvalue weighted by Crippen LogP contribution is 2.23. The first-order chi connectivity index (χ1) is 7.20. The number of hydrogen-bond donors (Lipinski definition) is 3. The van der Waals surface area contributed by atoms with Gasteiger partial charge in [-0.1, -0.05) is 0 Å². The molecule has 4 nitrogen and oxygen atoms in total. The molecule has 1 aliphatic heterocycles. The number of nitrogens with one attached hydrogen (secondary N) is 2. The molecule has 0 bridgehead atoms. The highest BCUT2D eigenvalue weighted by Gasteiger charge is 2.14. The summed E-state index contributed by atoms with van der Waals surface area (Å²) in [6, 6.07) is 4.52. The Hall–Kier alpha value is -1.59. The zero-order valence-electron chi connectivity index (χ0n) is 8.29. The maximum Gasteiger partial charge on any atom is 0.132 e. The van der Waals surface area contributed by atoms with Gasteiger partial charge < -0.3 is 5.43 Å². The fourth-order valence-corrected chi connectivity index (χ4v) is 1.54. The molecule has 0 radical (unpaired) electrons. The summed E-state index contributed by atoms with van der Waals surface area (Å²) in [5.41, 5.74) is 6.65. The lowest BCUT2D eigenvalue weighted by Gasteiger charge is -2.09. The fraction of sp³-hybridized carbons (Fsp3) is 0.200. The maximum atomic E-state index is 13.6. The van der Waals surface area contributed by atoms with Crippen LogP contribution in [0.5, 0.6) is 0 Å². The Bertz CT molecular complexity index is 406. The van der Waals surface area contributed by atoms with E-state index >= 15 is 0 Å². The molecule has 0 spiro atoms. The number of anilines is 1. The van der Waals surface area contributed by atoms with Crippen LogP contribution in [0.15, 0.2) is 24.4 Å². The smallest absolute Gasteiger partial charge is 0.132 e. The van der Waals surface area contributed by atoms with Crippen molar-refractivity contribution in [1.82, 2.24) is 10.4 Å². The monoisotopic (exact) mass is 209 g/mol. The molecule has 1 aliphatic rings. The summed E-state index contributed by atoms with van der Waals surface area (Å²) in [4.78, 5) is 0. The summed E-state index contributed by atoms with van der Waals surface area (Å²) in [7, 11) is 1.88. The van der Waals surface area contributed by atoms with E-state index in [1.54, 1.807) is 18.3 Å². The molecule has 0 aromatic heterocycles. The average Bonchev–Trinajstić information content (AvgIpc) is 2.64. The molecule has 0 saturated carbocycles. The highest BCUT2D eigenvalue weighted by atomic mass is 19.1. The van der Waals surface area contributed by atoms with E-state index in [9.17, 15) is 4.39 Å². The number of rotatable bonds is 2. The first-order valence-corrected chi connectivity index (χ1v) is 4.57. The van der Waals surface area contributed by atoms with Gasteiger partial charge in [0, 0.05) is 25.4 Å². The zero-order chi connectivity index (χ0) is 10.8. The Kier molecular flexibility index (Phi) is 2.57. The molecule has 80 valence electrons. The molecule has 1 aromatic rings. The second kappa shape index (κ2) is 3.88. The lowest BCUT2D eigenvalue weighted by molar-refractivity contribution is 0.334. The van der Waals surface area contributed by atoms with Crippen LogP contribution in [-0.2, 0) is 0 Å². The minimum atomic E-state index is -0.350. The Labute approximate surface area is 86.9 Å². The van der Waals surface area contributed by atoms with Gasteiger partial charge in [-0.25, -0.2) is 9.40 Å². The summed E-state index contributed by atoms with van der Waals surface area (Å²) < 4.78 is 13.6. The third kappa shape index (κ3) is 1.93. The summed E-state index contributed by atoms with van der Waals surface area (Å²) in [6.07, 6.45) is 1.77. The topological polar surface area (TPSA) is 47.5 Å². The van der Waals surface area contributed by atoms with Gasteiger partial charge in [0.05, 0.1) is 5.69 Å². The Morgan fingerprint density at radius 2 is 2.33 bits per heavy atom. The van der Waals surface area contributed by atoms with Crippen LogP contribution in [0.2, 0.25) is 0 Å². The van der Waals surface area contributed by atoms with E-state index in [1.807, 2.05) is 17.5 Å². The van der Waals surface area contributed by atoms with Gasteiger partial charge in [-0.05, 0) is 23.8 Å². The first-order valence-electron chi connectivity index (χ1n) is 4.57. The van der Waals surface area contributed by atoms with E-state index in [0.29, 0.717) is 17.8 Å². The largest absolute Gasteiger partial charge is 0.326 e. The maximum absolute atomic E-state index is 13.6. The number of hydrazine groups is 1. The van der Waals surface area contributed by atoms with E-state index in [1.165, 1.54) is 6.07 Å². The minimum absolute atomic E-state index is 0.344. The lowest BCUT2D eigenvalue weighted by atomic mass is 10.1. The molecule has 0 fully saturated rings. The van der Waals surface area contributed by atoms with Gasteiger partial charge in [0.2, 0.25) is 0 Å². The lowest BCUT2D eigenvalue weighted by Crippen LogP contribution is -2.24. The van der Waals surface area contributed by atoms with Crippen molar-refractivity contribution in [2.24, 2.45) is 0 Å². The van der Waals surface area contributed by atoms with Crippen molar-refractivity contribution in [3.05, 3.63) is 35.8 Å². The molecule has 5 heteroatoms. The van der Waals surface area contributed by atoms with Crippen LogP contribution in [0.1, 0.15) is 5.56 Å². The van der Waals surface area contributed by atoms with Crippen molar-refractivity contribution in [2.45, 2.75) is 0 Å². The Morgan fingerprint density at radius 1 is 1.53 bits per heavy atom. The number of benzene rings is 1. The Balaban J connectivity index is 2.29. The molecule has 0 aliphatic carbocycles. The Morgan fingerprint density at radius 3 is 2.87 bits per heavy atom. The molecule has 15 heavy (non-hydrogen) atoms. The molecule has 2 rings (SSSR count). The first kappa shape index (κ1) is 9.95. The van der Waals surface area contributed by atoms with Crippen molar-refractivity contribution in [3.63, 3.8) is 0 Å².